The summed E-state index contributed by atoms with van der Waals surface area (Å²) < 4.78 is 15.8. The van der Waals surface area contributed by atoms with Crippen LogP contribution in [0.5, 0.6) is 0 Å². The van der Waals surface area contributed by atoms with Crippen molar-refractivity contribution in [3.63, 3.8) is 0 Å². The summed E-state index contributed by atoms with van der Waals surface area (Å²) in [5.41, 5.74) is 1.54. The zero-order valence-electron chi connectivity index (χ0n) is 9.07. The van der Waals surface area contributed by atoms with E-state index in [1.165, 1.54) is 6.07 Å². The van der Waals surface area contributed by atoms with Crippen molar-refractivity contribution < 1.29 is 4.39 Å². The van der Waals surface area contributed by atoms with Crippen LogP contribution in [-0.4, -0.2) is 26.5 Å². The molecule has 6 heteroatoms. The van der Waals surface area contributed by atoms with Gasteiger partial charge in [-0.3, -0.25) is 0 Å². The molecule has 0 aliphatic carbocycles. The van der Waals surface area contributed by atoms with Crippen molar-refractivity contribution >= 4 is 38.7 Å². The van der Waals surface area contributed by atoms with Gasteiger partial charge in [0.05, 0.1) is 16.0 Å². The van der Waals surface area contributed by atoms with Gasteiger partial charge in [0, 0.05) is 6.07 Å². The normalized spacial score (nSPS) is 17.8. The van der Waals surface area contributed by atoms with E-state index < -0.39 is 0 Å². The van der Waals surface area contributed by atoms with Crippen molar-refractivity contribution in [3.05, 3.63) is 22.4 Å². The maximum absolute atomic E-state index is 13.4. The van der Waals surface area contributed by atoms with Gasteiger partial charge in [0.25, 0.3) is 0 Å². The lowest BCUT2D eigenvalue weighted by atomic mass is 10.1. The first-order chi connectivity index (χ1) is 8.25. The summed E-state index contributed by atoms with van der Waals surface area (Å²) in [6.07, 6.45) is 2.22. The Labute approximate surface area is 111 Å². The van der Waals surface area contributed by atoms with Crippen molar-refractivity contribution in [1.82, 2.24) is 15.0 Å². The Morgan fingerprint density at radius 2 is 2.12 bits per heavy atom. The lowest BCUT2D eigenvalue weighted by Crippen LogP contribution is -2.16. The number of nitrogens with zero attached hydrogens (tertiary/aromatic N) is 3. The van der Waals surface area contributed by atoms with Crippen LogP contribution < -0.4 is 0 Å². The molecule has 2 heterocycles. The molecule has 0 radical (unpaired) electrons. The standard InChI is InChI=1S/C11H11BrFN3S/c12-8-5-11-10(6-9(8)13)14-15-16(11)7-1-3-17-4-2-7/h5-7H,1-4H2. The fourth-order valence-electron chi connectivity index (χ4n) is 2.13. The molecular weight excluding hydrogens is 305 g/mol. The van der Waals surface area contributed by atoms with Crippen LogP contribution in [0.4, 0.5) is 4.39 Å². The predicted octanol–water partition coefficient (Wildman–Crippen LogP) is 3.40. The topological polar surface area (TPSA) is 30.7 Å². The van der Waals surface area contributed by atoms with Gasteiger partial charge in [0.15, 0.2) is 0 Å². The molecule has 17 heavy (non-hydrogen) atoms. The van der Waals surface area contributed by atoms with Crippen LogP contribution in [-0.2, 0) is 0 Å². The van der Waals surface area contributed by atoms with Gasteiger partial charge in [-0.2, -0.15) is 11.8 Å². The minimum absolute atomic E-state index is 0.288. The van der Waals surface area contributed by atoms with Crippen molar-refractivity contribution in [3.8, 4) is 0 Å². The first kappa shape index (κ1) is 11.5. The molecule has 1 saturated heterocycles. The van der Waals surface area contributed by atoms with Crippen LogP contribution >= 0.6 is 27.7 Å². The summed E-state index contributed by atoms with van der Waals surface area (Å²) in [7, 11) is 0. The molecule has 0 unspecified atom stereocenters. The number of rotatable bonds is 1. The van der Waals surface area contributed by atoms with Gasteiger partial charge in [0.1, 0.15) is 11.3 Å². The van der Waals surface area contributed by atoms with E-state index in [1.54, 1.807) is 6.07 Å². The predicted molar refractivity (Wildman–Crippen MR) is 70.8 cm³/mol. The summed E-state index contributed by atoms with van der Waals surface area (Å²) in [5.74, 6) is 2.03. The number of hydrogen-bond acceptors (Lipinski definition) is 3. The quantitative estimate of drug-likeness (QED) is 0.808. The van der Waals surface area contributed by atoms with Crippen molar-refractivity contribution in [2.75, 3.05) is 11.5 Å². The Bertz CT molecular complexity index is 551. The summed E-state index contributed by atoms with van der Waals surface area (Å²) in [5, 5.41) is 8.21. The molecule has 0 amide bonds. The summed E-state index contributed by atoms with van der Waals surface area (Å²) in [4.78, 5) is 0. The van der Waals surface area contributed by atoms with Gasteiger partial charge >= 0.3 is 0 Å². The van der Waals surface area contributed by atoms with Crippen LogP contribution in [0.25, 0.3) is 11.0 Å². The number of halogens is 2. The van der Waals surface area contributed by atoms with E-state index in [-0.39, 0.29) is 5.82 Å². The molecular formula is C11H11BrFN3S. The van der Waals surface area contributed by atoms with Gasteiger partial charge in [-0.05, 0) is 46.3 Å². The van der Waals surface area contributed by atoms with Gasteiger partial charge < -0.3 is 0 Å². The van der Waals surface area contributed by atoms with Crippen LogP contribution in [0.1, 0.15) is 18.9 Å². The van der Waals surface area contributed by atoms with E-state index in [4.69, 9.17) is 0 Å². The maximum atomic E-state index is 13.4. The van der Waals surface area contributed by atoms with Crippen LogP contribution in [0.2, 0.25) is 0 Å². The fraction of sp³-hybridized carbons (Fsp3) is 0.455. The van der Waals surface area contributed by atoms with Gasteiger partial charge in [-0.15, -0.1) is 5.10 Å². The van der Waals surface area contributed by atoms with Crippen molar-refractivity contribution in [1.29, 1.82) is 0 Å². The second-order valence-electron chi connectivity index (χ2n) is 4.13. The first-order valence-electron chi connectivity index (χ1n) is 5.53. The Hall–Kier alpha value is -0.620. The first-order valence-corrected chi connectivity index (χ1v) is 7.48. The molecule has 1 aliphatic heterocycles. The third kappa shape index (κ3) is 2.08. The molecule has 2 aromatic rings. The van der Waals surface area contributed by atoms with E-state index in [2.05, 4.69) is 26.2 Å². The molecule has 1 aliphatic rings. The molecule has 1 aromatic heterocycles. The Kier molecular flexibility index (Phi) is 3.08. The summed E-state index contributed by atoms with van der Waals surface area (Å²) in [6.45, 7) is 0. The molecule has 0 bridgehead atoms. The minimum Gasteiger partial charge on any atom is -0.241 e. The largest absolute Gasteiger partial charge is 0.241 e. The zero-order valence-corrected chi connectivity index (χ0v) is 11.5. The lowest BCUT2D eigenvalue weighted by Gasteiger charge is -2.21. The molecule has 0 N–H and O–H groups in total. The monoisotopic (exact) mass is 315 g/mol. The van der Waals surface area contributed by atoms with E-state index in [0.717, 1.165) is 29.9 Å². The van der Waals surface area contributed by atoms with Crippen LogP contribution in [0, 0.1) is 5.82 Å². The second-order valence-corrected chi connectivity index (χ2v) is 6.21. The number of benzene rings is 1. The maximum Gasteiger partial charge on any atom is 0.139 e. The molecule has 1 fully saturated rings. The highest BCUT2D eigenvalue weighted by molar-refractivity contribution is 9.10. The summed E-state index contributed by atoms with van der Waals surface area (Å²) in [6, 6.07) is 3.60. The van der Waals surface area contributed by atoms with Gasteiger partial charge in [0.2, 0.25) is 0 Å². The number of fused-ring (bicyclic) bond motifs is 1. The molecule has 90 valence electrons. The minimum atomic E-state index is -0.288. The third-order valence-electron chi connectivity index (χ3n) is 3.05. The van der Waals surface area contributed by atoms with E-state index in [1.807, 2.05) is 16.4 Å². The van der Waals surface area contributed by atoms with Crippen molar-refractivity contribution in [2.45, 2.75) is 18.9 Å². The average molecular weight is 316 g/mol. The number of hydrogen-bond donors (Lipinski definition) is 0. The van der Waals surface area contributed by atoms with Crippen LogP contribution in [0.15, 0.2) is 16.6 Å². The molecule has 0 saturated carbocycles. The Morgan fingerprint density at radius 3 is 2.88 bits per heavy atom. The zero-order chi connectivity index (χ0) is 11.8. The molecule has 0 spiro atoms. The Balaban J connectivity index is 2.07. The number of aromatic nitrogens is 3. The van der Waals surface area contributed by atoms with Crippen LogP contribution in [0.3, 0.4) is 0 Å². The smallest absolute Gasteiger partial charge is 0.139 e. The Morgan fingerprint density at radius 1 is 1.35 bits per heavy atom. The fourth-order valence-corrected chi connectivity index (χ4v) is 3.55. The van der Waals surface area contributed by atoms with E-state index in [0.29, 0.717) is 16.0 Å². The van der Waals surface area contributed by atoms with Gasteiger partial charge in [-0.1, -0.05) is 5.21 Å². The lowest BCUT2D eigenvalue weighted by molar-refractivity contribution is 0.428. The molecule has 3 rings (SSSR count). The summed E-state index contributed by atoms with van der Waals surface area (Å²) >= 11 is 5.19. The average Bonchev–Trinajstić information content (AvgIpc) is 2.74. The number of thioether (sulfide) groups is 1. The highest BCUT2D eigenvalue weighted by Crippen LogP contribution is 2.30. The van der Waals surface area contributed by atoms with Crippen molar-refractivity contribution in [2.24, 2.45) is 0 Å². The van der Waals surface area contributed by atoms with Gasteiger partial charge in [-0.25, -0.2) is 9.07 Å². The molecule has 1 aromatic carbocycles. The SMILES string of the molecule is Fc1cc2nnn(C3CCSCC3)c2cc1Br. The van der Waals surface area contributed by atoms with E-state index in [9.17, 15) is 4.39 Å². The highest BCUT2D eigenvalue weighted by Gasteiger charge is 2.19. The second kappa shape index (κ2) is 4.57. The third-order valence-corrected chi connectivity index (χ3v) is 4.71. The van der Waals surface area contributed by atoms with E-state index >= 15 is 0 Å². The molecule has 3 nitrogen and oxygen atoms in total. The molecule has 0 atom stereocenters. The highest BCUT2D eigenvalue weighted by atomic mass is 79.9.